The second-order valence-corrected chi connectivity index (χ2v) is 5.21. The summed E-state index contributed by atoms with van der Waals surface area (Å²) in [5.41, 5.74) is 2.51. The SMILES string of the molecule is COCCNc1nc(C)cc(-c2cccc(C(=O)CC(=O)O)c2)n1. The first kappa shape index (κ1) is 17.6. The average molecular weight is 329 g/mol. The molecule has 2 N–H and O–H groups in total. The highest BCUT2D eigenvalue weighted by Gasteiger charge is 2.12. The Morgan fingerprint density at radius 1 is 1.25 bits per heavy atom. The number of aromatic nitrogens is 2. The Kier molecular flexibility index (Phi) is 5.97. The summed E-state index contributed by atoms with van der Waals surface area (Å²) in [6.45, 7) is 2.97. The molecular formula is C17H19N3O4. The zero-order valence-corrected chi connectivity index (χ0v) is 13.6. The highest BCUT2D eigenvalue weighted by Crippen LogP contribution is 2.21. The van der Waals surface area contributed by atoms with Crippen LogP contribution in [-0.2, 0) is 9.53 Å². The van der Waals surface area contributed by atoms with Gasteiger partial charge in [0.1, 0.15) is 6.42 Å². The molecule has 24 heavy (non-hydrogen) atoms. The molecule has 0 spiro atoms. The molecule has 0 amide bonds. The van der Waals surface area contributed by atoms with E-state index in [1.807, 2.05) is 19.1 Å². The van der Waals surface area contributed by atoms with Gasteiger partial charge in [-0.15, -0.1) is 0 Å². The maximum atomic E-state index is 11.9. The number of benzene rings is 1. The van der Waals surface area contributed by atoms with Crippen molar-refractivity contribution in [2.24, 2.45) is 0 Å². The highest BCUT2D eigenvalue weighted by atomic mass is 16.5. The summed E-state index contributed by atoms with van der Waals surface area (Å²) < 4.78 is 4.98. The number of nitrogens with one attached hydrogen (secondary N) is 1. The van der Waals surface area contributed by atoms with Gasteiger partial charge in [-0.1, -0.05) is 18.2 Å². The minimum absolute atomic E-state index is 0.347. The number of anilines is 1. The lowest BCUT2D eigenvalue weighted by Crippen LogP contribution is -2.11. The smallest absolute Gasteiger partial charge is 0.311 e. The number of aryl methyl sites for hydroxylation is 1. The van der Waals surface area contributed by atoms with Crippen LogP contribution < -0.4 is 5.32 Å². The fourth-order valence-corrected chi connectivity index (χ4v) is 2.15. The number of aliphatic carboxylic acids is 1. The number of carbonyl (C=O) groups excluding carboxylic acids is 1. The van der Waals surface area contributed by atoms with E-state index in [0.717, 1.165) is 11.3 Å². The Bertz CT molecular complexity index is 746. The van der Waals surface area contributed by atoms with Gasteiger partial charge in [0.15, 0.2) is 5.78 Å². The lowest BCUT2D eigenvalue weighted by atomic mass is 10.0. The van der Waals surface area contributed by atoms with E-state index in [0.29, 0.717) is 30.4 Å². The van der Waals surface area contributed by atoms with Crippen LogP contribution in [0, 0.1) is 6.92 Å². The fourth-order valence-electron chi connectivity index (χ4n) is 2.15. The predicted molar refractivity (Wildman–Crippen MR) is 89.2 cm³/mol. The minimum atomic E-state index is -1.15. The van der Waals surface area contributed by atoms with E-state index in [1.54, 1.807) is 25.3 Å². The molecular weight excluding hydrogens is 310 g/mol. The standard InChI is InChI=1S/C17H19N3O4/c1-11-8-14(20-17(19-11)18-6-7-24-2)12-4-3-5-13(9-12)15(21)10-16(22)23/h3-5,8-9H,6-7,10H2,1-2H3,(H,22,23)(H,18,19,20). The third kappa shape index (κ3) is 4.85. The van der Waals surface area contributed by atoms with Gasteiger partial charge in [0.05, 0.1) is 12.3 Å². The maximum absolute atomic E-state index is 11.9. The Balaban J connectivity index is 2.27. The van der Waals surface area contributed by atoms with Crippen LogP contribution in [0.15, 0.2) is 30.3 Å². The molecule has 2 rings (SSSR count). The van der Waals surface area contributed by atoms with Gasteiger partial charge in [-0.3, -0.25) is 9.59 Å². The second-order valence-electron chi connectivity index (χ2n) is 5.21. The monoisotopic (exact) mass is 329 g/mol. The van der Waals surface area contributed by atoms with Crippen molar-refractivity contribution >= 4 is 17.7 Å². The molecule has 0 aliphatic heterocycles. The van der Waals surface area contributed by atoms with Crippen molar-refractivity contribution in [2.45, 2.75) is 13.3 Å². The van der Waals surface area contributed by atoms with Crippen LogP contribution in [0.25, 0.3) is 11.3 Å². The van der Waals surface area contributed by atoms with E-state index in [-0.39, 0.29) is 0 Å². The summed E-state index contributed by atoms with van der Waals surface area (Å²) in [6.07, 6.45) is -0.532. The lowest BCUT2D eigenvalue weighted by Gasteiger charge is -2.09. The van der Waals surface area contributed by atoms with Crippen molar-refractivity contribution in [3.63, 3.8) is 0 Å². The van der Waals surface area contributed by atoms with Crippen LogP contribution in [0.2, 0.25) is 0 Å². The summed E-state index contributed by atoms with van der Waals surface area (Å²) in [5.74, 6) is -1.11. The van der Waals surface area contributed by atoms with Crippen LogP contribution in [0.5, 0.6) is 0 Å². The maximum Gasteiger partial charge on any atom is 0.311 e. The molecule has 7 heteroatoms. The van der Waals surface area contributed by atoms with Gasteiger partial charge in [-0.2, -0.15) is 0 Å². The molecule has 1 aromatic heterocycles. The van der Waals surface area contributed by atoms with Crippen LogP contribution in [0.3, 0.4) is 0 Å². The molecule has 126 valence electrons. The number of carbonyl (C=O) groups is 2. The van der Waals surface area contributed by atoms with E-state index >= 15 is 0 Å². The first-order valence-corrected chi connectivity index (χ1v) is 7.43. The van der Waals surface area contributed by atoms with E-state index in [1.165, 1.54) is 0 Å². The summed E-state index contributed by atoms with van der Waals surface area (Å²) in [4.78, 5) is 31.3. The molecule has 0 atom stereocenters. The minimum Gasteiger partial charge on any atom is -0.481 e. The third-order valence-corrected chi connectivity index (χ3v) is 3.24. The van der Waals surface area contributed by atoms with Crippen molar-refractivity contribution in [1.29, 1.82) is 0 Å². The number of carboxylic acid groups (broad SMARTS) is 1. The third-order valence-electron chi connectivity index (χ3n) is 3.24. The average Bonchev–Trinajstić information content (AvgIpc) is 2.54. The lowest BCUT2D eigenvalue weighted by molar-refractivity contribution is -0.135. The van der Waals surface area contributed by atoms with Crippen molar-refractivity contribution in [3.05, 3.63) is 41.6 Å². The number of carboxylic acids is 1. The van der Waals surface area contributed by atoms with Gasteiger partial charge in [0, 0.05) is 30.5 Å². The summed E-state index contributed by atoms with van der Waals surface area (Å²) in [7, 11) is 1.61. The highest BCUT2D eigenvalue weighted by molar-refractivity contribution is 6.06. The number of methoxy groups -OCH3 is 1. The first-order chi connectivity index (χ1) is 11.5. The van der Waals surface area contributed by atoms with Gasteiger partial charge >= 0.3 is 5.97 Å². The molecule has 7 nitrogen and oxygen atoms in total. The molecule has 0 unspecified atom stereocenters. The van der Waals surface area contributed by atoms with Gasteiger partial charge < -0.3 is 15.2 Å². The molecule has 0 aliphatic rings. The van der Waals surface area contributed by atoms with Crippen molar-refractivity contribution in [3.8, 4) is 11.3 Å². The second kappa shape index (κ2) is 8.16. The molecule has 0 radical (unpaired) electrons. The zero-order chi connectivity index (χ0) is 17.5. The molecule has 1 aromatic carbocycles. The van der Waals surface area contributed by atoms with Crippen molar-refractivity contribution in [2.75, 3.05) is 25.6 Å². The number of ketones is 1. The van der Waals surface area contributed by atoms with Gasteiger partial charge in [0.2, 0.25) is 5.95 Å². The Morgan fingerprint density at radius 3 is 2.75 bits per heavy atom. The Morgan fingerprint density at radius 2 is 2.04 bits per heavy atom. The van der Waals surface area contributed by atoms with Gasteiger partial charge in [0.25, 0.3) is 0 Å². The fraction of sp³-hybridized carbons (Fsp3) is 0.294. The van der Waals surface area contributed by atoms with E-state index in [2.05, 4.69) is 15.3 Å². The van der Waals surface area contributed by atoms with Crippen LogP contribution in [0.4, 0.5) is 5.95 Å². The van der Waals surface area contributed by atoms with Crippen LogP contribution in [0.1, 0.15) is 22.5 Å². The summed E-state index contributed by atoms with van der Waals surface area (Å²) in [6, 6.07) is 8.58. The number of hydrogen-bond acceptors (Lipinski definition) is 6. The quantitative estimate of drug-likeness (QED) is 0.435. The summed E-state index contributed by atoms with van der Waals surface area (Å²) in [5, 5.41) is 11.8. The van der Waals surface area contributed by atoms with Gasteiger partial charge in [-0.25, -0.2) is 9.97 Å². The Labute approximate surface area is 139 Å². The molecule has 0 bridgehead atoms. The number of ether oxygens (including phenoxy) is 1. The largest absolute Gasteiger partial charge is 0.481 e. The topological polar surface area (TPSA) is 101 Å². The van der Waals surface area contributed by atoms with Crippen LogP contribution in [-0.4, -0.2) is 47.1 Å². The number of nitrogens with zero attached hydrogens (tertiary/aromatic N) is 2. The molecule has 0 aliphatic carbocycles. The molecule has 0 saturated carbocycles. The first-order valence-electron chi connectivity index (χ1n) is 7.43. The van der Waals surface area contributed by atoms with E-state index in [4.69, 9.17) is 9.84 Å². The number of hydrogen-bond donors (Lipinski definition) is 2. The number of Topliss-reactive ketones (excluding diaryl/α,β-unsaturated/α-hetero) is 1. The van der Waals surface area contributed by atoms with E-state index in [9.17, 15) is 9.59 Å². The number of rotatable bonds is 8. The molecule has 1 heterocycles. The van der Waals surface area contributed by atoms with Crippen molar-refractivity contribution < 1.29 is 19.4 Å². The van der Waals surface area contributed by atoms with Crippen LogP contribution >= 0.6 is 0 Å². The molecule has 0 saturated heterocycles. The molecule has 2 aromatic rings. The van der Waals surface area contributed by atoms with E-state index < -0.39 is 18.2 Å². The molecule has 0 fully saturated rings. The van der Waals surface area contributed by atoms with Gasteiger partial charge in [-0.05, 0) is 19.1 Å². The van der Waals surface area contributed by atoms with Crippen molar-refractivity contribution in [1.82, 2.24) is 9.97 Å². The predicted octanol–water partition coefficient (Wildman–Crippen LogP) is 2.17. The zero-order valence-electron chi connectivity index (χ0n) is 13.6. The summed E-state index contributed by atoms with van der Waals surface area (Å²) >= 11 is 0. The Hall–Kier alpha value is -2.80. The normalized spacial score (nSPS) is 10.4.